The van der Waals surface area contributed by atoms with Crippen molar-refractivity contribution >= 4 is 21.8 Å². The molecule has 0 amide bonds. The molecule has 0 spiro atoms. The van der Waals surface area contributed by atoms with E-state index < -0.39 is 0 Å². The van der Waals surface area contributed by atoms with E-state index in [4.69, 9.17) is 10.5 Å². The van der Waals surface area contributed by atoms with Gasteiger partial charge < -0.3 is 15.5 Å². The minimum absolute atomic E-state index is 0.596. The smallest absolute Gasteiger partial charge is 0.145 e. The Balaban J connectivity index is 1.95. The van der Waals surface area contributed by atoms with E-state index >= 15 is 0 Å². The maximum atomic E-state index is 9.35. The van der Waals surface area contributed by atoms with E-state index in [0.29, 0.717) is 18.7 Å². The number of fused-ring (bicyclic) bond motifs is 2. The van der Waals surface area contributed by atoms with Gasteiger partial charge in [-0.2, -0.15) is 5.26 Å². The molecule has 0 aliphatic carbocycles. The molecule has 0 aliphatic heterocycles. The van der Waals surface area contributed by atoms with Crippen molar-refractivity contribution in [2.75, 3.05) is 13.2 Å². The van der Waals surface area contributed by atoms with Gasteiger partial charge in [0.2, 0.25) is 0 Å². The number of aromatic nitrogens is 2. The number of benzene rings is 2. The van der Waals surface area contributed by atoms with Crippen molar-refractivity contribution in [2.45, 2.75) is 26.2 Å². The molecule has 2 heterocycles. The highest BCUT2D eigenvalue weighted by molar-refractivity contribution is 6.01. The summed E-state index contributed by atoms with van der Waals surface area (Å²) in [6.07, 6.45) is 4.66. The molecule has 5 nitrogen and oxygen atoms in total. The van der Waals surface area contributed by atoms with Crippen LogP contribution in [-0.4, -0.2) is 23.1 Å². The molecular weight excluding hydrogens is 360 g/mol. The van der Waals surface area contributed by atoms with Crippen molar-refractivity contribution in [2.24, 2.45) is 5.73 Å². The van der Waals surface area contributed by atoms with Gasteiger partial charge >= 0.3 is 0 Å². The Bertz CT molecular complexity index is 1200. The molecule has 146 valence electrons. The van der Waals surface area contributed by atoms with Crippen molar-refractivity contribution in [3.63, 3.8) is 0 Å². The molecule has 0 saturated carbocycles. The van der Waals surface area contributed by atoms with Gasteiger partial charge in [-0.3, -0.25) is 4.98 Å². The maximum absolute atomic E-state index is 9.35. The van der Waals surface area contributed by atoms with Gasteiger partial charge in [0, 0.05) is 28.0 Å². The molecule has 0 radical (unpaired) electrons. The zero-order valence-electron chi connectivity index (χ0n) is 16.5. The Morgan fingerprint density at radius 3 is 2.83 bits per heavy atom. The monoisotopic (exact) mass is 384 g/mol. The van der Waals surface area contributed by atoms with Crippen LogP contribution in [0, 0.1) is 11.3 Å². The minimum Gasteiger partial charge on any atom is -0.492 e. The van der Waals surface area contributed by atoms with Crippen LogP contribution >= 0.6 is 0 Å². The predicted octanol–water partition coefficient (Wildman–Crippen LogP) is 4.93. The summed E-state index contributed by atoms with van der Waals surface area (Å²) in [5.41, 5.74) is 11.7. The summed E-state index contributed by atoms with van der Waals surface area (Å²) in [6, 6.07) is 16.2. The molecule has 0 bridgehead atoms. The quantitative estimate of drug-likeness (QED) is 0.442. The summed E-state index contributed by atoms with van der Waals surface area (Å²) < 4.78 is 5.79. The first-order valence-electron chi connectivity index (χ1n) is 10.0. The minimum atomic E-state index is 0.596. The zero-order valence-corrected chi connectivity index (χ0v) is 16.5. The second-order valence-corrected chi connectivity index (χ2v) is 7.04. The highest BCUT2D eigenvalue weighted by atomic mass is 16.5. The van der Waals surface area contributed by atoms with Crippen molar-refractivity contribution in [3.8, 4) is 23.1 Å². The lowest BCUT2D eigenvalue weighted by Crippen LogP contribution is -1.99. The van der Waals surface area contributed by atoms with Crippen LogP contribution in [0.1, 0.15) is 30.9 Å². The number of hydrogen-bond acceptors (Lipinski definition) is 4. The third-order valence-corrected chi connectivity index (χ3v) is 5.22. The average Bonchev–Trinajstić information content (AvgIpc) is 3.12. The zero-order chi connectivity index (χ0) is 20.2. The normalized spacial score (nSPS) is 11.1. The van der Waals surface area contributed by atoms with E-state index in [1.165, 1.54) is 5.56 Å². The molecule has 0 fully saturated rings. The Morgan fingerprint density at radius 1 is 1.14 bits per heavy atom. The number of nitrogens with zero attached hydrogens (tertiary/aromatic N) is 2. The van der Waals surface area contributed by atoms with Gasteiger partial charge in [0.1, 0.15) is 11.3 Å². The largest absolute Gasteiger partial charge is 0.492 e. The molecule has 3 N–H and O–H groups in total. The Kier molecular flexibility index (Phi) is 5.46. The van der Waals surface area contributed by atoms with Gasteiger partial charge in [-0.1, -0.05) is 6.07 Å². The molecule has 4 rings (SSSR count). The number of aryl methyl sites for hydroxylation is 1. The molecule has 2 aromatic heterocycles. The fourth-order valence-corrected chi connectivity index (χ4v) is 3.89. The van der Waals surface area contributed by atoms with Gasteiger partial charge in [-0.05, 0) is 74.7 Å². The number of H-pyrrole nitrogens is 1. The van der Waals surface area contributed by atoms with Gasteiger partial charge in [-0.15, -0.1) is 0 Å². The van der Waals surface area contributed by atoms with Crippen LogP contribution in [0.15, 0.2) is 48.7 Å². The lowest BCUT2D eigenvalue weighted by atomic mass is 9.97. The summed E-state index contributed by atoms with van der Waals surface area (Å²) in [5.74, 6) is 0.791. The molecule has 5 heteroatoms. The number of unbranched alkanes of at least 4 members (excludes halogenated alkanes) is 1. The lowest BCUT2D eigenvalue weighted by molar-refractivity contribution is 0.343. The number of ether oxygens (including phenoxy) is 1. The van der Waals surface area contributed by atoms with Crippen LogP contribution in [-0.2, 0) is 6.42 Å². The second-order valence-electron chi connectivity index (χ2n) is 7.04. The first kappa shape index (κ1) is 19.0. The number of hydrogen-bond donors (Lipinski definition) is 2. The van der Waals surface area contributed by atoms with E-state index in [1.807, 2.05) is 37.3 Å². The van der Waals surface area contributed by atoms with E-state index in [2.05, 4.69) is 28.2 Å². The van der Waals surface area contributed by atoms with Crippen LogP contribution in [0.4, 0.5) is 0 Å². The van der Waals surface area contributed by atoms with Crippen molar-refractivity contribution in [1.29, 1.82) is 5.26 Å². The Hall–Kier alpha value is -3.36. The van der Waals surface area contributed by atoms with Gasteiger partial charge in [0.25, 0.3) is 0 Å². The average molecular weight is 384 g/mol. The summed E-state index contributed by atoms with van der Waals surface area (Å²) in [5, 5.41) is 11.5. The van der Waals surface area contributed by atoms with Crippen molar-refractivity contribution in [3.05, 3.63) is 59.8 Å². The third-order valence-electron chi connectivity index (χ3n) is 5.22. The van der Waals surface area contributed by atoms with E-state index in [-0.39, 0.29) is 0 Å². The molecule has 0 aliphatic rings. The van der Waals surface area contributed by atoms with Crippen LogP contribution < -0.4 is 10.5 Å². The summed E-state index contributed by atoms with van der Waals surface area (Å²) in [7, 11) is 0. The van der Waals surface area contributed by atoms with E-state index in [0.717, 1.165) is 58.1 Å². The van der Waals surface area contributed by atoms with Crippen LogP contribution in [0.3, 0.4) is 0 Å². The highest BCUT2D eigenvalue weighted by Crippen LogP contribution is 2.38. The first-order chi connectivity index (χ1) is 14.3. The number of rotatable bonds is 7. The van der Waals surface area contributed by atoms with Gasteiger partial charge in [0.05, 0.1) is 23.9 Å². The van der Waals surface area contributed by atoms with Gasteiger partial charge in [0.15, 0.2) is 0 Å². The van der Waals surface area contributed by atoms with E-state index in [1.54, 1.807) is 6.20 Å². The fraction of sp³-hybridized carbons (Fsp3) is 0.250. The summed E-state index contributed by atoms with van der Waals surface area (Å²) in [4.78, 5) is 8.17. The second kappa shape index (κ2) is 8.34. The number of pyridine rings is 1. The van der Waals surface area contributed by atoms with Crippen molar-refractivity contribution < 1.29 is 4.74 Å². The summed E-state index contributed by atoms with van der Waals surface area (Å²) >= 11 is 0. The first-order valence-corrected chi connectivity index (χ1v) is 10.0. The van der Waals surface area contributed by atoms with Crippen molar-refractivity contribution in [1.82, 2.24) is 9.97 Å². The fourth-order valence-electron chi connectivity index (χ4n) is 3.89. The SMILES string of the molecule is CCOc1ccc(-c2[nH]c3ccc(C#N)cc3c2CCCCN)c2cccnc12. The van der Waals surface area contributed by atoms with Crippen LogP contribution in [0.2, 0.25) is 0 Å². The number of aromatic amines is 1. The molecule has 0 atom stereocenters. The number of nitrogens with two attached hydrogens (primary N) is 1. The predicted molar refractivity (Wildman–Crippen MR) is 117 cm³/mol. The summed E-state index contributed by atoms with van der Waals surface area (Å²) in [6.45, 7) is 3.25. The van der Waals surface area contributed by atoms with Crippen LogP contribution in [0.5, 0.6) is 5.75 Å². The standard InChI is InChI=1S/C24H24N4O/c1-2-29-22-11-9-19(17-7-5-13-27-24(17)22)23-18(6-3-4-12-25)20-14-16(15-26)8-10-21(20)28-23/h5,7-11,13-14,28H,2-4,6,12,25H2,1H3. The highest BCUT2D eigenvalue weighted by Gasteiger charge is 2.17. The third kappa shape index (κ3) is 3.55. The lowest BCUT2D eigenvalue weighted by Gasteiger charge is -2.12. The number of nitriles is 1. The van der Waals surface area contributed by atoms with E-state index in [9.17, 15) is 5.26 Å². The van der Waals surface area contributed by atoms with Gasteiger partial charge in [-0.25, -0.2) is 0 Å². The maximum Gasteiger partial charge on any atom is 0.145 e. The topological polar surface area (TPSA) is 87.7 Å². The molecule has 4 aromatic rings. The molecule has 0 unspecified atom stereocenters. The Morgan fingerprint density at radius 2 is 2.03 bits per heavy atom. The Labute approximate surface area is 170 Å². The molecule has 2 aromatic carbocycles. The molecule has 0 saturated heterocycles. The molecular formula is C24H24N4O. The number of nitrogens with one attached hydrogen (secondary N) is 1. The molecule has 29 heavy (non-hydrogen) atoms. The van der Waals surface area contributed by atoms with Crippen LogP contribution in [0.25, 0.3) is 33.1 Å².